The minimum absolute atomic E-state index is 0. The van der Waals surface area contributed by atoms with Crippen LogP contribution in [-0.4, -0.2) is 207 Å². The Kier molecular flexibility index (Phi) is 67.7. The molecule has 0 saturated heterocycles. The molecule has 0 rings (SSSR count). The third kappa shape index (κ3) is 68.6. The molecule has 0 aromatic heterocycles. The minimum Gasteiger partial charge on any atom is -0.379 e. The molecule has 19 nitrogen and oxygen atoms in total. The molecule has 0 aliphatic carbocycles. The highest BCUT2D eigenvalue weighted by atomic mass is 16.6. The number of ether oxygens (including phenoxy) is 12. The molecule has 0 aromatic carbocycles. The van der Waals surface area contributed by atoms with Gasteiger partial charge >= 0.3 is 0 Å². The van der Waals surface area contributed by atoms with Crippen molar-refractivity contribution in [2.75, 3.05) is 185 Å². The van der Waals surface area contributed by atoms with E-state index >= 15 is 0 Å². The summed E-state index contributed by atoms with van der Waals surface area (Å²) >= 11 is 0. The fourth-order valence-corrected chi connectivity index (χ4v) is 4.03. The molecule has 19 heteroatoms. The zero-order valence-electron chi connectivity index (χ0n) is 40.0. The van der Waals surface area contributed by atoms with E-state index in [2.05, 4.69) is 22.9 Å². The fraction of sp³-hybridized carbons (Fsp3) is 0.864. The molecular formula is C44H95N4O15. The molecule has 0 fully saturated rings. The molecule has 0 bridgehead atoms. The average Bonchev–Trinajstić information content (AvgIpc) is 3.29. The van der Waals surface area contributed by atoms with Crippen LogP contribution in [0.2, 0.25) is 0 Å². The highest BCUT2D eigenvalue weighted by molar-refractivity contribution is 5.75. The Morgan fingerprint density at radius 3 is 1.06 bits per heavy atom. The summed E-state index contributed by atoms with van der Waals surface area (Å²) < 4.78 is 64.7. The Labute approximate surface area is 384 Å². The Morgan fingerprint density at radius 2 is 0.778 bits per heavy atom. The highest BCUT2D eigenvalue weighted by Gasteiger charge is 2.04. The van der Waals surface area contributed by atoms with Crippen LogP contribution < -0.4 is 16.8 Å². The zero-order chi connectivity index (χ0) is 47.5. The summed E-state index contributed by atoms with van der Waals surface area (Å²) in [6.45, 7) is 31.8. The van der Waals surface area contributed by atoms with Gasteiger partial charge in [0.05, 0.1) is 152 Å². The van der Waals surface area contributed by atoms with Gasteiger partial charge in [0.15, 0.2) is 0 Å². The smallest absolute Gasteiger partial charge is 0.219 e. The lowest BCUT2D eigenvalue weighted by molar-refractivity contribution is -0.121. The maximum absolute atomic E-state index is 11.1. The number of amides is 3. The van der Waals surface area contributed by atoms with Crippen LogP contribution in [0, 0.1) is 6.58 Å². The predicted octanol–water partition coefficient (Wildman–Crippen LogP) is 3.10. The van der Waals surface area contributed by atoms with Gasteiger partial charge in [-0.3, -0.25) is 19.3 Å². The maximum atomic E-state index is 11.1. The second kappa shape index (κ2) is 63.7. The number of carbonyl (C=O) groups excluding carboxylic acids is 3. The van der Waals surface area contributed by atoms with Crippen molar-refractivity contribution in [3.8, 4) is 0 Å². The highest BCUT2D eigenvalue weighted by Crippen LogP contribution is 1.93. The van der Waals surface area contributed by atoms with Gasteiger partial charge in [-0.2, -0.15) is 0 Å². The summed E-state index contributed by atoms with van der Waals surface area (Å²) in [5.41, 5.74) is 12.5. The average molecular weight is 920 g/mol. The first kappa shape index (κ1) is 67.0. The van der Waals surface area contributed by atoms with Crippen molar-refractivity contribution in [2.24, 2.45) is 11.5 Å². The lowest BCUT2D eigenvalue weighted by Gasteiger charge is -2.20. The molecule has 0 aliphatic rings. The molecular weight excluding hydrogens is 824 g/mol. The third-order valence-electron chi connectivity index (χ3n) is 7.14. The molecule has 0 heterocycles. The van der Waals surface area contributed by atoms with Gasteiger partial charge in [0.2, 0.25) is 17.7 Å². The van der Waals surface area contributed by atoms with Crippen LogP contribution in [0.3, 0.4) is 0 Å². The Morgan fingerprint density at radius 1 is 0.492 bits per heavy atom. The number of primary amides is 2. The molecule has 0 spiro atoms. The minimum atomic E-state index is -0.378. The normalized spacial score (nSPS) is 10.5. The lowest BCUT2D eigenvalue weighted by atomic mass is 10.4. The van der Waals surface area contributed by atoms with E-state index < -0.39 is 0 Å². The summed E-state index contributed by atoms with van der Waals surface area (Å²) in [5.74, 6) is -0.700. The van der Waals surface area contributed by atoms with E-state index in [4.69, 9.17) is 74.9 Å². The first-order valence-electron chi connectivity index (χ1n) is 22.6. The Balaban J connectivity index is -0.000000267. The Bertz CT molecular complexity index is 984. The molecule has 0 aromatic rings. The van der Waals surface area contributed by atoms with E-state index in [1.165, 1.54) is 0 Å². The van der Waals surface area contributed by atoms with Crippen LogP contribution in [0.1, 0.15) is 71.5 Å². The number of hydrogen-bond donors (Lipinski definition) is 3. The fourth-order valence-electron chi connectivity index (χ4n) is 4.03. The third-order valence-corrected chi connectivity index (χ3v) is 7.14. The van der Waals surface area contributed by atoms with Gasteiger partial charge in [-0.1, -0.05) is 41.5 Å². The molecule has 3 amide bonds. The number of nitrogens with one attached hydrogen (secondary N) is 1. The summed E-state index contributed by atoms with van der Waals surface area (Å²) in [6.07, 6.45) is 3.75. The van der Waals surface area contributed by atoms with Crippen molar-refractivity contribution >= 4 is 17.7 Å². The molecule has 5 N–H and O–H groups in total. The number of nitrogens with zero attached hydrogens (tertiary/aromatic N) is 1. The van der Waals surface area contributed by atoms with Crippen LogP contribution in [0.15, 0.2) is 11.8 Å². The molecule has 0 atom stereocenters. The summed E-state index contributed by atoms with van der Waals surface area (Å²) in [6, 6.07) is 0. The van der Waals surface area contributed by atoms with Crippen LogP contribution in [0.25, 0.3) is 0 Å². The molecule has 381 valence electrons. The Hall–Kier alpha value is -2.59. The van der Waals surface area contributed by atoms with E-state index in [-0.39, 0.29) is 34.8 Å². The maximum Gasteiger partial charge on any atom is 0.219 e. The summed E-state index contributed by atoms with van der Waals surface area (Å²) in [7, 11) is 0. The zero-order valence-corrected chi connectivity index (χ0v) is 40.0. The topological polar surface area (TPSA) is 229 Å². The van der Waals surface area contributed by atoms with E-state index in [1.807, 2.05) is 34.6 Å². The van der Waals surface area contributed by atoms with Crippen molar-refractivity contribution < 1.29 is 75.5 Å². The van der Waals surface area contributed by atoms with Crippen molar-refractivity contribution in [1.82, 2.24) is 10.2 Å². The van der Waals surface area contributed by atoms with E-state index in [0.29, 0.717) is 171 Å². The van der Waals surface area contributed by atoms with Crippen molar-refractivity contribution in [3.05, 3.63) is 18.4 Å². The van der Waals surface area contributed by atoms with Gasteiger partial charge in [0, 0.05) is 56.3 Å². The van der Waals surface area contributed by atoms with Crippen LogP contribution in [-0.2, 0) is 71.2 Å². The first-order chi connectivity index (χ1) is 30.9. The van der Waals surface area contributed by atoms with Crippen LogP contribution in [0.5, 0.6) is 0 Å². The second-order valence-corrected chi connectivity index (χ2v) is 12.2. The molecule has 0 unspecified atom stereocenters. The van der Waals surface area contributed by atoms with Crippen LogP contribution in [0.4, 0.5) is 0 Å². The second-order valence-electron chi connectivity index (χ2n) is 12.2. The van der Waals surface area contributed by atoms with E-state index in [0.717, 1.165) is 26.1 Å². The van der Waals surface area contributed by atoms with Gasteiger partial charge in [-0.15, -0.1) is 5.73 Å². The molecule has 0 saturated carbocycles. The van der Waals surface area contributed by atoms with Gasteiger partial charge in [-0.25, -0.2) is 0 Å². The van der Waals surface area contributed by atoms with Gasteiger partial charge in [-0.05, 0) is 19.1 Å². The summed E-state index contributed by atoms with van der Waals surface area (Å²) in [5, 5.41) is 2.74. The summed E-state index contributed by atoms with van der Waals surface area (Å²) in [4.78, 5) is 34.2. The number of rotatable bonds is 47. The molecule has 1 radical (unpaired) electrons. The predicted molar refractivity (Wildman–Crippen MR) is 249 cm³/mol. The lowest BCUT2D eigenvalue weighted by Crippen LogP contribution is -2.31. The largest absolute Gasteiger partial charge is 0.379 e. The standard InChI is InChI=1S/C30H56N3O11.C10H21NO4.2C2H6.3H2/c1-3-5-8-33(9-13-38-17-21-42-25-23-40-19-15-36-11-6-29(31)34)10-14-39-18-22-43-26-28-44-27-24-41-20-16-37-12-7-32-30(35)4-2;1-2-4-13-6-8-15-9-7-14-5-3-10(11)12;2*1-2;;;/h1,5H,4,6-28H2,2H3,(H2,31,34)(H,32,35);2-9H2,1H3,(H2,11,12);2*1-2H3;3*1H. The van der Waals surface area contributed by atoms with Gasteiger partial charge in [0.1, 0.15) is 0 Å². The number of nitrogens with two attached hydrogens (primary N) is 2. The van der Waals surface area contributed by atoms with Crippen LogP contribution >= 0.6 is 0 Å². The van der Waals surface area contributed by atoms with Gasteiger partial charge < -0.3 is 73.6 Å². The quantitative estimate of drug-likeness (QED) is 0.0589. The first-order valence-corrected chi connectivity index (χ1v) is 22.6. The molecule has 0 aliphatic heterocycles. The van der Waals surface area contributed by atoms with Crippen molar-refractivity contribution in [2.45, 2.75) is 67.2 Å². The van der Waals surface area contributed by atoms with Crippen molar-refractivity contribution in [3.63, 3.8) is 0 Å². The van der Waals surface area contributed by atoms with Gasteiger partial charge in [0.25, 0.3) is 0 Å². The van der Waals surface area contributed by atoms with E-state index in [9.17, 15) is 14.4 Å². The number of hydrogen-bond acceptors (Lipinski definition) is 16. The SMILES string of the molecule is CC.CC.CCCOCCOCCOCCC(N)=O.[CH]=C=CCN(CCOCCOCCOCCOCCOCCNC(=O)CC)CCOCCOCCOCCOCCC(N)=O.[HH].[HH].[HH]. The van der Waals surface area contributed by atoms with E-state index in [1.54, 1.807) is 6.08 Å². The van der Waals surface area contributed by atoms with Crippen molar-refractivity contribution in [1.29, 1.82) is 0 Å². The monoisotopic (exact) mass is 920 g/mol. The molecule has 63 heavy (non-hydrogen) atoms. The number of carbonyl (C=O) groups is 3.